The van der Waals surface area contributed by atoms with Gasteiger partial charge < -0.3 is 13.6 Å². The van der Waals surface area contributed by atoms with Crippen molar-refractivity contribution in [2.24, 2.45) is 0 Å². The first kappa shape index (κ1) is 37.8. The highest BCUT2D eigenvalue weighted by Crippen LogP contribution is 2.45. The zero-order valence-corrected chi connectivity index (χ0v) is 37.0. The summed E-state index contributed by atoms with van der Waals surface area (Å²) in [5, 5.41) is 13.7. The summed E-state index contributed by atoms with van der Waals surface area (Å²) in [4.78, 5) is 16.2. The molecule has 6 nitrogen and oxygen atoms in total. The van der Waals surface area contributed by atoms with Crippen LogP contribution in [0.25, 0.3) is 143 Å². The summed E-state index contributed by atoms with van der Waals surface area (Å²) < 4.78 is 11.8. The molecular weight excluding hydrogens is 843 g/mol. The zero-order valence-electron chi connectivity index (χ0n) is 37.0. The van der Waals surface area contributed by atoms with Crippen LogP contribution in [-0.2, 0) is 0 Å². The fourth-order valence-corrected chi connectivity index (χ4v) is 11.0. The predicted octanol–water partition coefficient (Wildman–Crippen LogP) is 16.4. The van der Waals surface area contributed by atoms with Gasteiger partial charge in [-0.25, -0.2) is 15.0 Å². The lowest BCUT2D eigenvalue weighted by Crippen LogP contribution is -2.02. The fraction of sp³-hybridized carbons (Fsp3) is 0. The van der Waals surface area contributed by atoms with Crippen LogP contribution in [0.3, 0.4) is 0 Å². The maximum Gasteiger partial charge on any atom is 0.167 e. The van der Waals surface area contributed by atoms with Gasteiger partial charge in [-0.05, 0) is 81.5 Å². The Morgan fingerprint density at radius 2 is 0.942 bits per heavy atom. The molecule has 11 aromatic carbocycles. The molecule has 4 heterocycles. The first-order valence-corrected chi connectivity index (χ1v) is 23.3. The van der Waals surface area contributed by atoms with E-state index in [0.717, 1.165) is 82.6 Å². The highest BCUT2D eigenvalue weighted by Gasteiger charge is 2.25. The van der Waals surface area contributed by atoms with Crippen molar-refractivity contribution in [3.8, 4) is 45.5 Å². The van der Waals surface area contributed by atoms with Gasteiger partial charge in [0, 0.05) is 49.1 Å². The van der Waals surface area contributed by atoms with Crippen LogP contribution in [-0.4, -0.2) is 24.1 Å². The van der Waals surface area contributed by atoms with Gasteiger partial charge in [0.1, 0.15) is 11.2 Å². The van der Waals surface area contributed by atoms with E-state index in [2.05, 4.69) is 228 Å². The van der Waals surface area contributed by atoms with Gasteiger partial charge >= 0.3 is 0 Å². The number of nitrogens with zero attached hydrogens (tertiary/aromatic N) is 5. The molecule has 0 unspecified atom stereocenters. The minimum Gasteiger partial charge on any atom is -0.455 e. The minimum absolute atomic E-state index is 0.529. The van der Waals surface area contributed by atoms with E-state index in [4.69, 9.17) is 19.4 Å². The van der Waals surface area contributed by atoms with Crippen molar-refractivity contribution in [1.82, 2.24) is 24.1 Å². The van der Waals surface area contributed by atoms with E-state index in [-0.39, 0.29) is 0 Å². The summed E-state index contributed by atoms with van der Waals surface area (Å²) in [5.41, 5.74) is 10.7. The first-order chi connectivity index (χ1) is 34.2. The lowest BCUT2D eigenvalue weighted by Gasteiger charge is -2.14. The molecule has 15 rings (SSSR count). The van der Waals surface area contributed by atoms with Gasteiger partial charge in [-0.1, -0.05) is 170 Å². The van der Waals surface area contributed by atoms with Gasteiger partial charge in [-0.3, -0.25) is 0 Å². The minimum atomic E-state index is 0.529. The number of fused-ring (bicyclic) bond motifs is 13. The van der Waals surface area contributed by atoms with Crippen molar-refractivity contribution in [3.05, 3.63) is 224 Å². The third kappa shape index (κ3) is 5.63. The topological polar surface area (TPSA) is 61.7 Å². The Morgan fingerprint density at radius 3 is 1.78 bits per heavy atom. The number of rotatable bonds is 5. The molecule has 4 aromatic heterocycles. The molecule has 0 fully saturated rings. The smallest absolute Gasteiger partial charge is 0.167 e. The maximum absolute atomic E-state index is 7.06. The van der Waals surface area contributed by atoms with Crippen molar-refractivity contribution in [2.75, 3.05) is 0 Å². The van der Waals surface area contributed by atoms with E-state index >= 15 is 0 Å². The van der Waals surface area contributed by atoms with Crippen LogP contribution in [0.15, 0.2) is 229 Å². The SMILES string of the molecule is c1ccc(-n2c3ccccc3c3ccc(-c4nc(-c5cccc6ccccc56)nc(-c5ccc(-n6c7cc8ccccc8cc7c7ccc8ccccc8c76)c6c5oc5ccccc56)n4)cc32)cc1. The highest BCUT2D eigenvalue weighted by molar-refractivity contribution is 6.23. The summed E-state index contributed by atoms with van der Waals surface area (Å²) in [6, 6.07) is 79.7. The Balaban J connectivity index is 1.03. The Kier molecular flexibility index (Phi) is 7.97. The summed E-state index contributed by atoms with van der Waals surface area (Å²) in [6.45, 7) is 0. The lowest BCUT2D eigenvalue weighted by molar-refractivity contribution is 0.669. The second-order valence-corrected chi connectivity index (χ2v) is 17.9. The molecule has 6 heteroatoms. The van der Waals surface area contributed by atoms with E-state index in [0.29, 0.717) is 23.1 Å². The molecule has 0 aliphatic carbocycles. The highest BCUT2D eigenvalue weighted by atomic mass is 16.3. The number of benzene rings is 11. The number of aromatic nitrogens is 5. The average Bonchev–Trinajstić information content (AvgIpc) is 4.08. The van der Waals surface area contributed by atoms with E-state index in [9.17, 15) is 0 Å². The summed E-state index contributed by atoms with van der Waals surface area (Å²) in [6.07, 6.45) is 0. The van der Waals surface area contributed by atoms with Crippen LogP contribution in [0.2, 0.25) is 0 Å². The molecule has 0 radical (unpaired) electrons. The van der Waals surface area contributed by atoms with Crippen LogP contribution < -0.4 is 0 Å². The van der Waals surface area contributed by atoms with Gasteiger partial charge in [0.15, 0.2) is 17.5 Å². The standard InChI is InChI=1S/C63H37N5O/c1-2-20-43(21-3-1)67-53-27-12-10-24-46(53)47-31-30-42(37-55(47)67)61-64-62(49-26-14-19-38-15-6-8-22-44(38)49)66-63(65-61)51-33-34-54(58-50-25-11-13-28-57(50)69-60(51)58)68-56-36-41-18-5-4-17-40(41)35-52(56)48-32-29-39-16-7-9-23-45(39)59(48)68/h1-37H. The Hall–Kier alpha value is -9.39. The molecule has 0 bridgehead atoms. The summed E-state index contributed by atoms with van der Waals surface area (Å²) in [7, 11) is 0. The molecule has 0 aliphatic heterocycles. The number of furan rings is 1. The summed E-state index contributed by atoms with van der Waals surface area (Å²) in [5.74, 6) is 1.69. The predicted molar refractivity (Wildman–Crippen MR) is 285 cm³/mol. The Morgan fingerprint density at radius 1 is 0.333 bits per heavy atom. The third-order valence-electron chi connectivity index (χ3n) is 14.1. The molecule has 15 aromatic rings. The molecule has 0 aliphatic rings. The molecule has 0 atom stereocenters. The Bertz CT molecular complexity index is 4610. The molecule has 69 heavy (non-hydrogen) atoms. The molecule has 320 valence electrons. The molecule has 0 N–H and O–H groups in total. The van der Waals surface area contributed by atoms with E-state index in [1.807, 2.05) is 6.07 Å². The molecule has 0 spiro atoms. The van der Waals surface area contributed by atoms with Crippen LogP contribution in [0.1, 0.15) is 0 Å². The first-order valence-electron chi connectivity index (χ1n) is 23.3. The fourth-order valence-electron chi connectivity index (χ4n) is 11.0. The monoisotopic (exact) mass is 879 g/mol. The van der Waals surface area contributed by atoms with Crippen LogP contribution in [0.5, 0.6) is 0 Å². The van der Waals surface area contributed by atoms with Crippen molar-refractivity contribution < 1.29 is 4.42 Å². The average molecular weight is 880 g/mol. The Labute approximate surface area is 394 Å². The van der Waals surface area contributed by atoms with Gasteiger partial charge in [0.2, 0.25) is 0 Å². The number of para-hydroxylation sites is 3. The van der Waals surface area contributed by atoms with Crippen molar-refractivity contribution >= 4 is 97.9 Å². The van der Waals surface area contributed by atoms with Gasteiger partial charge in [0.25, 0.3) is 0 Å². The largest absolute Gasteiger partial charge is 0.455 e. The molecular formula is C63H37N5O. The van der Waals surface area contributed by atoms with Crippen LogP contribution in [0.4, 0.5) is 0 Å². The van der Waals surface area contributed by atoms with Crippen LogP contribution >= 0.6 is 0 Å². The summed E-state index contributed by atoms with van der Waals surface area (Å²) >= 11 is 0. The lowest BCUT2D eigenvalue weighted by atomic mass is 10.0. The van der Waals surface area contributed by atoms with Crippen molar-refractivity contribution in [2.45, 2.75) is 0 Å². The number of hydrogen-bond donors (Lipinski definition) is 0. The zero-order chi connectivity index (χ0) is 45.2. The van der Waals surface area contributed by atoms with Crippen molar-refractivity contribution in [3.63, 3.8) is 0 Å². The van der Waals surface area contributed by atoms with Gasteiger partial charge in [-0.15, -0.1) is 0 Å². The normalized spacial score (nSPS) is 12.1. The molecule has 0 saturated heterocycles. The molecule has 0 saturated carbocycles. The maximum atomic E-state index is 7.06. The second-order valence-electron chi connectivity index (χ2n) is 17.9. The second kappa shape index (κ2) is 14.6. The van der Waals surface area contributed by atoms with Crippen molar-refractivity contribution in [1.29, 1.82) is 0 Å². The van der Waals surface area contributed by atoms with E-state index < -0.39 is 0 Å². The van der Waals surface area contributed by atoms with E-state index in [1.165, 1.54) is 37.7 Å². The number of hydrogen-bond acceptors (Lipinski definition) is 4. The van der Waals surface area contributed by atoms with Gasteiger partial charge in [-0.2, -0.15) is 0 Å². The van der Waals surface area contributed by atoms with Gasteiger partial charge in [0.05, 0.1) is 38.7 Å². The van der Waals surface area contributed by atoms with Crippen LogP contribution in [0, 0.1) is 0 Å². The van der Waals surface area contributed by atoms with E-state index in [1.54, 1.807) is 0 Å². The molecule has 0 amide bonds. The third-order valence-corrected chi connectivity index (χ3v) is 14.1. The quantitative estimate of drug-likeness (QED) is 0.173.